The molecule has 1 aromatic rings. The lowest BCUT2D eigenvalue weighted by atomic mass is 9.56. The molecule has 0 aromatic heterocycles. The molecule has 336 valence electrons. The maximum absolute atomic E-state index is 6.81. The Bertz CT molecular complexity index is 2820. The van der Waals surface area contributed by atoms with E-state index in [-0.39, 0.29) is 17.6 Å². The molecule has 0 N–H and O–H groups in total. The van der Waals surface area contributed by atoms with Crippen molar-refractivity contribution in [2.24, 2.45) is 35.5 Å². The van der Waals surface area contributed by atoms with Crippen LogP contribution in [-0.4, -0.2) is 17.0 Å². The van der Waals surface area contributed by atoms with Crippen molar-refractivity contribution >= 4 is 0 Å². The van der Waals surface area contributed by atoms with Gasteiger partial charge < -0.3 is 9.64 Å². The molecule has 2 heteroatoms. The first kappa shape index (κ1) is 41.3. The Morgan fingerprint density at radius 1 is 0.627 bits per heavy atom. The maximum Gasteiger partial charge on any atom is 0.127 e. The van der Waals surface area contributed by atoms with Crippen LogP contribution in [-0.2, 0) is 10.2 Å². The van der Waals surface area contributed by atoms with Gasteiger partial charge in [-0.25, -0.2) is 0 Å². The van der Waals surface area contributed by atoms with Gasteiger partial charge in [0.05, 0.1) is 6.04 Å². The van der Waals surface area contributed by atoms with Crippen molar-refractivity contribution < 1.29 is 4.74 Å². The number of rotatable bonds is 8. The number of ether oxygens (including phenoxy) is 1. The van der Waals surface area contributed by atoms with E-state index in [0.29, 0.717) is 35.5 Å². The van der Waals surface area contributed by atoms with E-state index in [4.69, 9.17) is 4.74 Å². The summed E-state index contributed by atoms with van der Waals surface area (Å²) in [5, 5.41) is 0. The zero-order chi connectivity index (χ0) is 44.3. The fourth-order valence-corrected chi connectivity index (χ4v) is 14.7. The smallest absolute Gasteiger partial charge is 0.127 e. The molecular weight excluding hydrogens is 811 g/mol. The molecule has 11 aliphatic carbocycles. The minimum absolute atomic E-state index is 0.0386. The van der Waals surface area contributed by atoms with Crippen LogP contribution in [0.3, 0.4) is 0 Å². The molecule has 0 saturated heterocycles. The normalized spacial score (nSPS) is 34.3. The van der Waals surface area contributed by atoms with E-state index in [2.05, 4.69) is 181 Å². The predicted octanol–water partition coefficient (Wildman–Crippen LogP) is 15.6. The summed E-state index contributed by atoms with van der Waals surface area (Å²) in [4.78, 5) is 2.79. The van der Waals surface area contributed by atoms with Crippen molar-refractivity contribution in [2.45, 2.75) is 107 Å². The largest absolute Gasteiger partial charge is 0.485 e. The molecule has 2 nitrogen and oxygen atoms in total. The fourth-order valence-electron chi connectivity index (χ4n) is 14.7. The van der Waals surface area contributed by atoms with Crippen LogP contribution in [0.1, 0.15) is 95.5 Å². The molecule has 1 aromatic carbocycles. The second-order valence-corrected chi connectivity index (χ2v) is 21.1. The van der Waals surface area contributed by atoms with Crippen LogP contribution in [0.5, 0.6) is 0 Å². The van der Waals surface area contributed by atoms with Gasteiger partial charge in [0.15, 0.2) is 0 Å². The van der Waals surface area contributed by atoms with Crippen molar-refractivity contribution in [3.63, 3.8) is 0 Å². The molecule has 0 radical (unpaired) electrons. The van der Waals surface area contributed by atoms with E-state index in [1.165, 1.54) is 71.5 Å². The van der Waals surface area contributed by atoms with Crippen LogP contribution in [0.4, 0.5) is 0 Å². The minimum atomic E-state index is -0.0386. The molecule has 0 amide bonds. The molecule has 1 heterocycles. The van der Waals surface area contributed by atoms with E-state index in [1.807, 2.05) is 0 Å². The first-order valence-electron chi connectivity index (χ1n) is 26.2. The quantitative estimate of drug-likeness (QED) is 0.241. The van der Waals surface area contributed by atoms with Crippen LogP contribution in [0.25, 0.3) is 0 Å². The molecular formula is C65H65NO. The Morgan fingerprint density at radius 2 is 1.54 bits per heavy atom. The van der Waals surface area contributed by atoms with Crippen LogP contribution < -0.4 is 0 Å². The van der Waals surface area contributed by atoms with Crippen LogP contribution in [0.15, 0.2) is 243 Å². The summed E-state index contributed by atoms with van der Waals surface area (Å²) in [7, 11) is 0. The first-order valence-corrected chi connectivity index (χ1v) is 26.2. The van der Waals surface area contributed by atoms with Gasteiger partial charge in [-0.1, -0.05) is 164 Å². The summed E-state index contributed by atoms with van der Waals surface area (Å²) in [6, 6.07) is 12.0. The predicted molar refractivity (Wildman–Crippen MR) is 276 cm³/mol. The lowest BCUT2D eigenvalue weighted by molar-refractivity contribution is 0.167. The molecule has 13 rings (SSSR count). The van der Waals surface area contributed by atoms with Crippen molar-refractivity contribution in [1.82, 2.24) is 4.90 Å². The lowest BCUT2D eigenvalue weighted by Gasteiger charge is -2.48. The molecule has 12 aliphatic rings. The van der Waals surface area contributed by atoms with Gasteiger partial charge in [0.2, 0.25) is 0 Å². The van der Waals surface area contributed by atoms with Crippen LogP contribution in [0.2, 0.25) is 0 Å². The molecule has 67 heavy (non-hydrogen) atoms. The third-order valence-electron chi connectivity index (χ3n) is 17.8. The van der Waals surface area contributed by atoms with E-state index < -0.39 is 0 Å². The van der Waals surface area contributed by atoms with Gasteiger partial charge in [-0.2, -0.15) is 0 Å². The highest BCUT2D eigenvalue weighted by Crippen LogP contribution is 2.63. The third kappa shape index (κ3) is 7.11. The summed E-state index contributed by atoms with van der Waals surface area (Å²) in [5.74, 6) is 3.77. The Kier molecular flexibility index (Phi) is 10.7. The van der Waals surface area contributed by atoms with E-state index in [9.17, 15) is 0 Å². The van der Waals surface area contributed by atoms with E-state index in [0.717, 1.165) is 57.8 Å². The SMILES string of the molecule is C1=CCC(C2=CCCC3=C2OC2C=CC(C4C=CC(N(C5=CC=C(C6=CC7=C(C=CCC7)CC6)CC5)C5C=CC6=C(C5)C(c5ccccc5)(C5C=CC=CC5)C5CCC=CC65)=CC4)=CC32)C=C1. The standard InChI is InChI=1S/C65H65NO/c1-4-16-47(17-5-1)56-24-14-25-59-60-42-50(33-40-63(60)67-64(56)59)46-31-36-54(37-32-46)66(53-34-29-45(30-35-53)49-28-27-44-15-10-11-18-48(44)41-49)55-38-39-58-57-23-12-13-26-61(57)65(62(58)43-55,51-19-6-2-7-20-51)52-21-8-3-9-22-52/h1-10,12,15-16,19-21,23-24,29,31,33-34,36-42,46-47,52,55,57,60-61,63H,11,13-14,17-18,22,25-28,30,32,35,43H2. The van der Waals surface area contributed by atoms with Gasteiger partial charge in [-0.3, -0.25) is 0 Å². The van der Waals surface area contributed by atoms with Gasteiger partial charge in [0, 0.05) is 40.5 Å². The van der Waals surface area contributed by atoms with Gasteiger partial charge in [-0.15, -0.1) is 0 Å². The number of fused-ring (bicyclic) bond motifs is 4. The Labute approximate surface area is 399 Å². The number of nitrogens with zero attached hydrogens (tertiary/aromatic N) is 1. The summed E-state index contributed by atoms with van der Waals surface area (Å²) in [6.07, 6.45) is 74.5. The first-order chi connectivity index (χ1) is 33.2. The van der Waals surface area contributed by atoms with Crippen LogP contribution in [0, 0.1) is 35.5 Å². The van der Waals surface area contributed by atoms with Crippen molar-refractivity contribution in [3.05, 3.63) is 249 Å². The highest BCUT2D eigenvalue weighted by atomic mass is 16.5. The number of allylic oxidation sites excluding steroid dienone is 29. The third-order valence-corrected chi connectivity index (χ3v) is 17.8. The lowest BCUT2D eigenvalue weighted by Crippen LogP contribution is -2.45. The zero-order valence-corrected chi connectivity index (χ0v) is 39.1. The summed E-state index contributed by atoms with van der Waals surface area (Å²) in [6.45, 7) is 0. The van der Waals surface area contributed by atoms with Crippen molar-refractivity contribution in [2.75, 3.05) is 0 Å². The van der Waals surface area contributed by atoms with Gasteiger partial charge in [0.1, 0.15) is 11.9 Å². The average Bonchev–Trinajstić information content (AvgIpc) is 3.93. The topological polar surface area (TPSA) is 12.5 Å². The number of hydrogen-bond acceptors (Lipinski definition) is 2. The molecule has 1 aliphatic heterocycles. The Hall–Kier alpha value is -5.86. The second kappa shape index (κ2) is 17.3. The summed E-state index contributed by atoms with van der Waals surface area (Å²) in [5.41, 5.74) is 18.2. The molecule has 0 saturated carbocycles. The van der Waals surface area contributed by atoms with Gasteiger partial charge in [-0.05, 0) is 170 Å². The van der Waals surface area contributed by atoms with Crippen LogP contribution >= 0.6 is 0 Å². The monoisotopic (exact) mass is 876 g/mol. The van der Waals surface area contributed by atoms with Crippen molar-refractivity contribution in [1.29, 1.82) is 0 Å². The molecule has 0 spiro atoms. The van der Waals surface area contributed by atoms with Crippen molar-refractivity contribution in [3.8, 4) is 0 Å². The second-order valence-electron chi connectivity index (χ2n) is 21.1. The minimum Gasteiger partial charge on any atom is -0.485 e. The number of benzene rings is 1. The zero-order valence-electron chi connectivity index (χ0n) is 39.1. The Balaban J connectivity index is 0.839. The van der Waals surface area contributed by atoms with Gasteiger partial charge >= 0.3 is 0 Å². The Morgan fingerprint density at radius 3 is 2.37 bits per heavy atom. The average molecular weight is 876 g/mol. The fraction of sp³-hybridized carbons (Fsp3) is 0.354. The highest BCUT2D eigenvalue weighted by Gasteiger charge is 2.57. The van der Waals surface area contributed by atoms with E-state index in [1.54, 1.807) is 33.4 Å². The number of hydrogen-bond donors (Lipinski definition) is 0. The summed E-state index contributed by atoms with van der Waals surface area (Å²) >= 11 is 0. The van der Waals surface area contributed by atoms with Gasteiger partial charge in [0.25, 0.3) is 0 Å². The van der Waals surface area contributed by atoms with E-state index >= 15 is 0 Å². The maximum atomic E-state index is 6.81. The molecule has 9 unspecified atom stereocenters. The molecule has 0 bridgehead atoms. The molecule has 0 fully saturated rings. The highest BCUT2D eigenvalue weighted by molar-refractivity contribution is 5.57. The summed E-state index contributed by atoms with van der Waals surface area (Å²) < 4.78 is 6.81. The molecule has 9 atom stereocenters.